The molecule has 2 amide bonds. The number of benzene rings is 2. The SMILES string of the molecule is Cc1sc(NC(=O)C(C)SCC(=O)Nc2ccc(F)cc2)nc1-c1ccc(OC(F)F)cc1. The number of aryl methyl sites for hydroxylation is 1. The summed E-state index contributed by atoms with van der Waals surface area (Å²) >= 11 is 2.44. The highest BCUT2D eigenvalue weighted by Crippen LogP contribution is 2.32. The number of thioether (sulfide) groups is 1. The number of halogens is 3. The van der Waals surface area contributed by atoms with Crippen LogP contribution in [0.25, 0.3) is 11.3 Å². The zero-order valence-corrected chi connectivity index (χ0v) is 19.2. The van der Waals surface area contributed by atoms with Crippen molar-refractivity contribution in [2.24, 2.45) is 0 Å². The molecule has 0 aliphatic heterocycles. The maximum absolute atomic E-state index is 12.9. The van der Waals surface area contributed by atoms with E-state index in [-0.39, 0.29) is 23.3 Å². The summed E-state index contributed by atoms with van der Waals surface area (Å²) in [5.41, 5.74) is 1.79. The van der Waals surface area contributed by atoms with Crippen LogP contribution in [0, 0.1) is 12.7 Å². The molecule has 2 N–H and O–H groups in total. The van der Waals surface area contributed by atoms with Gasteiger partial charge in [-0.1, -0.05) is 0 Å². The number of nitrogens with zero attached hydrogens (tertiary/aromatic N) is 1. The van der Waals surface area contributed by atoms with Crippen molar-refractivity contribution in [3.63, 3.8) is 0 Å². The molecule has 0 radical (unpaired) electrons. The van der Waals surface area contributed by atoms with Crippen LogP contribution in [0.4, 0.5) is 24.0 Å². The number of alkyl halides is 2. The molecule has 2 aromatic carbocycles. The summed E-state index contributed by atoms with van der Waals surface area (Å²) < 4.78 is 41.9. The van der Waals surface area contributed by atoms with Gasteiger partial charge in [-0.2, -0.15) is 8.78 Å². The molecular formula is C22H20F3N3O3S2. The molecule has 0 spiro atoms. The van der Waals surface area contributed by atoms with Gasteiger partial charge in [-0.05, 0) is 62.4 Å². The minimum absolute atomic E-state index is 0.0428. The molecule has 1 aromatic heterocycles. The lowest BCUT2D eigenvalue weighted by Gasteiger charge is -2.10. The maximum Gasteiger partial charge on any atom is 0.387 e. The van der Waals surface area contributed by atoms with Crippen LogP contribution in [0.15, 0.2) is 48.5 Å². The summed E-state index contributed by atoms with van der Waals surface area (Å²) in [7, 11) is 0. The second-order valence-electron chi connectivity index (χ2n) is 6.82. The van der Waals surface area contributed by atoms with Crippen LogP contribution in [-0.2, 0) is 9.59 Å². The number of anilines is 2. The number of amides is 2. The summed E-state index contributed by atoms with van der Waals surface area (Å²) in [6.07, 6.45) is 0. The number of carbonyl (C=O) groups is 2. The van der Waals surface area contributed by atoms with E-state index in [4.69, 9.17) is 0 Å². The molecule has 33 heavy (non-hydrogen) atoms. The molecule has 1 heterocycles. The molecule has 11 heteroatoms. The van der Waals surface area contributed by atoms with Crippen molar-refractivity contribution in [1.82, 2.24) is 4.98 Å². The maximum atomic E-state index is 12.9. The molecule has 6 nitrogen and oxygen atoms in total. The fraction of sp³-hybridized carbons (Fsp3) is 0.227. The van der Waals surface area contributed by atoms with Crippen molar-refractivity contribution >= 4 is 45.7 Å². The van der Waals surface area contributed by atoms with E-state index in [1.54, 1.807) is 19.1 Å². The Hall–Kier alpha value is -3.05. The van der Waals surface area contributed by atoms with Crippen LogP contribution in [0.2, 0.25) is 0 Å². The van der Waals surface area contributed by atoms with Crippen molar-refractivity contribution in [3.8, 4) is 17.0 Å². The molecule has 0 saturated carbocycles. The molecular weight excluding hydrogens is 475 g/mol. The van der Waals surface area contributed by atoms with E-state index in [1.165, 1.54) is 47.7 Å². The first kappa shape index (κ1) is 24.6. The zero-order chi connectivity index (χ0) is 24.0. The third-order valence-corrected chi connectivity index (χ3v) is 6.37. The first-order valence-corrected chi connectivity index (χ1v) is 11.6. The van der Waals surface area contributed by atoms with Crippen molar-refractivity contribution in [3.05, 3.63) is 59.2 Å². The Morgan fingerprint density at radius 1 is 1.09 bits per heavy atom. The number of thiazole rings is 1. The number of ether oxygens (including phenoxy) is 1. The Morgan fingerprint density at radius 2 is 1.76 bits per heavy atom. The van der Waals surface area contributed by atoms with Crippen LogP contribution in [0.1, 0.15) is 11.8 Å². The minimum Gasteiger partial charge on any atom is -0.435 e. The van der Waals surface area contributed by atoms with Gasteiger partial charge in [-0.15, -0.1) is 23.1 Å². The number of aromatic nitrogens is 1. The number of hydrogen-bond acceptors (Lipinski definition) is 6. The van der Waals surface area contributed by atoms with Crippen molar-refractivity contribution in [2.45, 2.75) is 25.7 Å². The van der Waals surface area contributed by atoms with Gasteiger partial charge in [0.25, 0.3) is 0 Å². The summed E-state index contributed by atoms with van der Waals surface area (Å²) in [5, 5.41) is 5.24. The molecule has 0 aliphatic carbocycles. The molecule has 1 unspecified atom stereocenters. The fourth-order valence-electron chi connectivity index (χ4n) is 2.73. The highest BCUT2D eigenvalue weighted by molar-refractivity contribution is 8.01. The molecule has 0 aliphatic rings. The number of rotatable bonds is 9. The lowest BCUT2D eigenvalue weighted by molar-refractivity contribution is -0.115. The van der Waals surface area contributed by atoms with Crippen molar-refractivity contribution in [1.29, 1.82) is 0 Å². The van der Waals surface area contributed by atoms with E-state index in [0.29, 0.717) is 22.1 Å². The van der Waals surface area contributed by atoms with Crippen LogP contribution in [0.5, 0.6) is 5.75 Å². The van der Waals surface area contributed by atoms with E-state index in [9.17, 15) is 22.8 Å². The largest absolute Gasteiger partial charge is 0.435 e. The van der Waals surface area contributed by atoms with Crippen LogP contribution in [0.3, 0.4) is 0 Å². The average Bonchev–Trinajstić information content (AvgIpc) is 3.13. The van der Waals surface area contributed by atoms with Gasteiger partial charge in [0, 0.05) is 16.1 Å². The summed E-state index contributed by atoms with van der Waals surface area (Å²) in [6, 6.07) is 11.5. The first-order valence-electron chi connectivity index (χ1n) is 9.72. The van der Waals surface area contributed by atoms with E-state index in [0.717, 1.165) is 16.6 Å². The predicted molar refractivity (Wildman–Crippen MR) is 124 cm³/mol. The fourth-order valence-corrected chi connectivity index (χ4v) is 4.25. The molecule has 174 valence electrons. The normalized spacial score (nSPS) is 11.8. The van der Waals surface area contributed by atoms with Gasteiger partial charge in [-0.3, -0.25) is 9.59 Å². The second kappa shape index (κ2) is 11.2. The van der Waals surface area contributed by atoms with Crippen molar-refractivity contribution < 1.29 is 27.5 Å². The van der Waals surface area contributed by atoms with Crippen LogP contribution < -0.4 is 15.4 Å². The standard InChI is InChI=1S/C22H20F3N3O3S2/c1-12-19(14-3-9-17(10-4-14)31-21(24)25)27-22(33-12)28-20(30)13(2)32-11-18(29)26-16-7-5-15(23)6-8-16/h3-10,13,21H,11H2,1-2H3,(H,26,29)(H,27,28,30). The van der Waals surface area contributed by atoms with Gasteiger partial charge >= 0.3 is 6.61 Å². The predicted octanol–water partition coefficient (Wildman–Crippen LogP) is 5.56. The number of nitrogens with one attached hydrogen (secondary N) is 2. The van der Waals surface area contributed by atoms with Gasteiger partial charge in [0.15, 0.2) is 5.13 Å². The van der Waals surface area contributed by atoms with Gasteiger partial charge < -0.3 is 15.4 Å². The third-order valence-electron chi connectivity index (χ3n) is 4.34. The molecule has 0 bridgehead atoms. The molecule has 0 fully saturated rings. The molecule has 1 atom stereocenters. The summed E-state index contributed by atoms with van der Waals surface area (Å²) in [6.45, 7) is 0.617. The van der Waals surface area contributed by atoms with E-state index in [1.807, 2.05) is 6.92 Å². The van der Waals surface area contributed by atoms with Crippen LogP contribution in [-0.4, -0.2) is 34.4 Å². The molecule has 3 rings (SSSR count). The summed E-state index contributed by atoms with van der Waals surface area (Å²) in [4.78, 5) is 29.8. The first-order chi connectivity index (χ1) is 15.7. The van der Waals surface area contributed by atoms with Gasteiger partial charge in [0.1, 0.15) is 11.6 Å². The third kappa shape index (κ3) is 7.22. The topological polar surface area (TPSA) is 80.3 Å². The lowest BCUT2D eigenvalue weighted by atomic mass is 10.1. The number of hydrogen-bond donors (Lipinski definition) is 2. The van der Waals surface area contributed by atoms with Gasteiger partial charge in [0.05, 0.1) is 16.7 Å². The quantitative estimate of drug-likeness (QED) is 0.406. The van der Waals surface area contributed by atoms with Crippen LogP contribution >= 0.6 is 23.1 Å². The zero-order valence-electron chi connectivity index (χ0n) is 17.6. The van der Waals surface area contributed by atoms with Gasteiger partial charge in [-0.25, -0.2) is 9.37 Å². The Morgan fingerprint density at radius 3 is 2.39 bits per heavy atom. The average molecular weight is 496 g/mol. The Labute approximate surface area is 196 Å². The van der Waals surface area contributed by atoms with Gasteiger partial charge in [0.2, 0.25) is 11.8 Å². The molecule has 3 aromatic rings. The smallest absolute Gasteiger partial charge is 0.387 e. The Balaban J connectivity index is 1.53. The highest BCUT2D eigenvalue weighted by Gasteiger charge is 2.18. The Kier molecular flexibility index (Phi) is 8.34. The molecule has 0 saturated heterocycles. The second-order valence-corrected chi connectivity index (χ2v) is 9.36. The minimum atomic E-state index is -2.90. The van der Waals surface area contributed by atoms with Crippen molar-refractivity contribution in [2.75, 3.05) is 16.4 Å². The Bertz CT molecular complexity index is 1110. The number of carbonyl (C=O) groups excluding carboxylic acids is 2. The lowest BCUT2D eigenvalue weighted by Crippen LogP contribution is -2.25. The highest BCUT2D eigenvalue weighted by atomic mass is 32.2. The van der Waals surface area contributed by atoms with E-state index in [2.05, 4.69) is 20.4 Å². The van der Waals surface area contributed by atoms with E-state index < -0.39 is 17.7 Å². The van der Waals surface area contributed by atoms with E-state index >= 15 is 0 Å². The monoisotopic (exact) mass is 495 g/mol. The summed E-state index contributed by atoms with van der Waals surface area (Å²) in [5.74, 6) is -0.926.